The molecule has 1 aromatic rings. The normalized spacial score (nSPS) is 29.5. The van der Waals surface area contributed by atoms with Crippen LogP contribution in [0.1, 0.15) is 39.5 Å². The summed E-state index contributed by atoms with van der Waals surface area (Å²) in [5.41, 5.74) is 1.01. The average molecular weight is 308 g/mol. The molecule has 2 aliphatic rings. The van der Waals surface area contributed by atoms with Crippen LogP contribution in [0.15, 0.2) is 29.2 Å². The molecule has 1 aromatic carbocycles. The molecule has 3 rings (SSSR count). The zero-order valence-corrected chi connectivity index (χ0v) is 13.5. The Morgan fingerprint density at radius 2 is 1.67 bits per heavy atom. The molecule has 4 nitrogen and oxygen atoms in total. The molecule has 0 saturated heterocycles. The van der Waals surface area contributed by atoms with E-state index >= 15 is 0 Å². The lowest BCUT2D eigenvalue weighted by Crippen LogP contribution is -2.26. The quantitative estimate of drug-likeness (QED) is 0.879. The van der Waals surface area contributed by atoms with Crippen molar-refractivity contribution in [3.8, 4) is 0 Å². The number of hydrogen-bond donors (Lipinski definition) is 2. The first-order valence-corrected chi connectivity index (χ1v) is 9.33. The Bertz CT molecular complexity index is 593. The van der Waals surface area contributed by atoms with Crippen LogP contribution in [0, 0.1) is 11.8 Å². The van der Waals surface area contributed by atoms with E-state index in [1.54, 1.807) is 12.1 Å². The van der Waals surface area contributed by atoms with E-state index in [1.807, 2.05) is 12.1 Å². The van der Waals surface area contributed by atoms with Gasteiger partial charge in [-0.3, -0.25) is 0 Å². The summed E-state index contributed by atoms with van der Waals surface area (Å²) in [6, 6.07) is 7.77. The van der Waals surface area contributed by atoms with E-state index in [4.69, 9.17) is 0 Å². The number of hydrogen-bond acceptors (Lipinski definition) is 3. The zero-order valence-electron chi connectivity index (χ0n) is 12.7. The highest BCUT2D eigenvalue weighted by molar-refractivity contribution is 7.89. The molecule has 0 radical (unpaired) electrons. The summed E-state index contributed by atoms with van der Waals surface area (Å²) in [6.07, 6.45) is 4.36. The fourth-order valence-electron chi connectivity index (χ4n) is 3.00. The van der Waals surface area contributed by atoms with E-state index in [-0.39, 0.29) is 6.04 Å². The van der Waals surface area contributed by atoms with Crippen molar-refractivity contribution in [1.29, 1.82) is 0 Å². The lowest BCUT2D eigenvalue weighted by Gasteiger charge is -2.21. The summed E-state index contributed by atoms with van der Waals surface area (Å²) in [7, 11) is -3.34. The largest absolute Gasteiger partial charge is 0.382 e. The number of sulfonamides is 1. The van der Waals surface area contributed by atoms with Crippen molar-refractivity contribution in [3.63, 3.8) is 0 Å². The Hall–Kier alpha value is -1.07. The molecule has 2 aliphatic carbocycles. The molecule has 2 N–H and O–H groups in total. The summed E-state index contributed by atoms with van der Waals surface area (Å²) in [6.45, 7) is 4.58. The molecule has 0 aliphatic heterocycles. The predicted molar refractivity (Wildman–Crippen MR) is 84.8 cm³/mol. The first kappa shape index (κ1) is 14.9. The first-order chi connectivity index (χ1) is 9.95. The van der Waals surface area contributed by atoms with Crippen LogP contribution in [0.4, 0.5) is 5.69 Å². The third-order valence-corrected chi connectivity index (χ3v) is 6.42. The average Bonchev–Trinajstić information content (AvgIpc) is 3.20. The van der Waals surface area contributed by atoms with Crippen LogP contribution in [0.2, 0.25) is 0 Å². The fraction of sp³-hybridized carbons (Fsp3) is 0.625. The van der Waals surface area contributed by atoms with Crippen LogP contribution < -0.4 is 10.0 Å². The molecule has 21 heavy (non-hydrogen) atoms. The lowest BCUT2D eigenvalue weighted by atomic mass is 9.98. The minimum atomic E-state index is -3.34. The van der Waals surface area contributed by atoms with E-state index in [0.29, 0.717) is 16.9 Å². The third-order valence-electron chi connectivity index (χ3n) is 4.88. The van der Waals surface area contributed by atoms with Crippen molar-refractivity contribution < 1.29 is 8.42 Å². The summed E-state index contributed by atoms with van der Waals surface area (Å²) in [4.78, 5) is 0.354. The van der Waals surface area contributed by atoms with Gasteiger partial charge in [-0.1, -0.05) is 13.8 Å². The number of anilines is 1. The first-order valence-electron chi connectivity index (χ1n) is 7.84. The molecule has 3 unspecified atom stereocenters. The molecule has 3 atom stereocenters. The van der Waals surface area contributed by atoms with Crippen molar-refractivity contribution in [2.24, 2.45) is 11.8 Å². The highest BCUT2D eigenvalue weighted by Crippen LogP contribution is 2.33. The van der Waals surface area contributed by atoms with E-state index in [1.165, 1.54) is 12.8 Å². The second-order valence-corrected chi connectivity index (χ2v) is 8.30. The molecule has 5 heteroatoms. The van der Waals surface area contributed by atoms with Gasteiger partial charge in [-0.15, -0.1) is 0 Å². The summed E-state index contributed by atoms with van der Waals surface area (Å²) >= 11 is 0. The van der Waals surface area contributed by atoms with Crippen LogP contribution >= 0.6 is 0 Å². The van der Waals surface area contributed by atoms with Gasteiger partial charge in [0.1, 0.15) is 0 Å². The maximum Gasteiger partial charge on any atom is 0.240 e. The Kier molecular flexibility index (Phi) is 3.97. The van der Waals surface area contributed by atoms with Gasteiger partial charge in [-0.25, -0.2) is 13.1 Å². The van der Waals surface area contributed by atoms with E-state index < -0.39 is 10.0 Å². The molecule has 116 valence electrons. The van der Waals surface area contributed by atoms with Gasteiger partial charge in [-0.2, -0.15) is 0 Å². The van der Waals surface area contributed by atoms with E-state index in [2.05, 4.69) is 23.9 Å². The lowest BCUT2D eigenvalue weighted by molar-refractivity contribution is 0.435. The van der Waals surface area contributed by atoms with Gasteiger partial charge in [0.2, 0.25) is 10.0 Å². The minimum Gasteiger partial charge on any atom is -0.382 e. The van der Waals surface area contributed by atoms with Gasteiger partial charge < -0.3 is 5.32 Å². The zero-order chi connectivity index (χ0) is 15.0. The molecule has 0 spiro atoms. The minimum absolute atomic E-state index is 0.147. The highest BCUT2D eigenvalue weighted by atomic mass is 32.2. The van der Waals surface area contributed by atoms with Crippen molar-refractivity contribution in [1.82, 2.24) is 4.72 Å². The highest BCUT2D eigenvalue weighted by Gasteiger charge is 2.30. The topological polar surface area (TPSA) is 58.2 Å². The van der Waals surface area contributed by atoms with E-state index in [0.717, 1.165) is 24.4 Å². The van der Waals surface area contributed by atoms with Crippen LogP contribution in [0.3, 0.4) is 0 Å². The standard InChI is InChI=1S/C16H24N2O2S/c1-11-3-10-16(12(11)2)17-13-6-8-15(9-7-13)21(19,20)18-14-4-5-14/h6-9,11-12,14,16-18H,3-5,10H2,1-2H3. The molecule has 2 fully saturated rings. The van der Waals surface area contributed by atoms with Crippen LogP contribution in [0.25, 0.3) is 0 Å². The van der Waals surface area contributed by atoms with Gasteiger partial charge in [0, 0.05) is 17.8 Å². The van der Waals surface area contributed by atoms with Crippen molar-refractivity contribution in [2.45, 2.75) is 56.5 Å². The molecular formula is C16H24N2O2S. The van der Waals surface area contributed by atoms with Crippen molar-refractivity contribution in [3.05, 3.63) is 24.3 Å². The second-order valence-electron chi connectivity index (χ2n) is 6.58. The van der Waals surface area contributed by atoms with Crippen LogP contribution in [0.5, 0.6) is 0 Å². The number of rotatable bonds is 5. The summed E-state index contributed by atoms with van der Waals surface area (Å²) in [5.74, 6) is 1.41. The molecule has 2 saturated carbocycles. The molecule has 0 amide bonds. The maximum absolute atomic E-state index is 12.1. The Balaban J connectivity index is 1.66. The Morgan fingerprint density at radius 1 is 1.00 bits per heavy atom. The van der Waals surface area contributed by atoms with Gasteiger partial charge in [0.15, 0.2) is 0 Å². The molecule has 0 heterocycles. The van der Waals surface area contributed by atoms with Gasteiger partial charge in [-0.05, 0) is 61.8 Å². The third kappa shape index (κ3) is 3.40. The predicted octanol–water partition coefficient (Wildman–Crippen LogP) is 2.97. The smallest absolute Gasteiger partial charge is 0.240 e. The molecule has 0 bridgehead atoms. The molecular weight excluding hydrogens is 284 g/mol. The van der Waals surface area contributed by atoms with Gasteiger partial charge >= 0.3 is 0 Å². The summed E-state index contributed by atoms with van der Waals surface area (Å²) in [5, 5.41) is 3.54. The number of nitrogens with one attached hydrogen (secondary N) is 2. The van der Waals surface area contributed by atoms with Crippen molar-refractivity contribution in [2.75, 3.05) is 5.32 Å². The van der Waals surface area contributed by atoms with Gasteiger partial charge in [0.25, 0.3) is 0 Å². The monoisotopic (exact) mass is 308 g/mol. The maximum atomic E-state index is 12.1. The Morgan fingerprint density at radius 3 is 2.19 bits per heavy atom. The SMILES string of the molecule is CC1CCC(Nc2ccc(S(=O)(=O)NC3CC3)cc2)C1C. The van der Waals surface area contributed by atoms with E-state index in [9.17, 15) is 8.42 Å². The summed E-state index contributed by atoms with van der Waals surface area (Å²) < 4.78 is 26.9. The van der Waals surface area contributed by atoms with Gasteiger partial charge in [0.05, 0.1) is 4.90 Å². The number of benzene rings is 1. The van der Waals surface area contributed by atoms with Crippen LogP contribution in [-0.4, -0.2) is 20.5 Å². The van der Waals surface area contributed by atoms with Crippen molar-refractivity contribution >= 4 is 15.7 Å². The molecule has 0 aromatic heterocycles. The van der Waals surface area contributed by atoms with Crippen LogP contribution in [-0.2, 0) is 10.0 Å². The Labute approximate surface area is 127 Å². The second kappa shape index (κ2) is 5.61. The fourth-order valence-corrected chi connectivity index (χ4v) is 4.31.